The molecule has 1 heterocycles. The Morgan fingerprint density at radius 3 is 2.58 bits per heavy atom. The summed E-state index contributed by atoms with van der Waals surface area (Å²) in [5.74, 6) is 0.220. The predicted octanol–water partition coefficient (Wildman–Crippen LogP) is 2.84. The van der Waals surface area contributed by atoms with E-state index in [0.29, 0.717) is 17.4 Å². The van der Waals surface area contributed by atoms with Crippen LogP contribution in [-0.4, -0.2) is 32.1 Å². The van der Waals surface area contributed by atoms with Crippen molar-refractivity contribution in [2.24, 2.45) is 5.92 Å². The number of esters is 1. The van der Waals surface area contributed by atoms with E-state index in [-0.39, 0.29) is 18.3 Å². The number of hydrogen-bond acceptors (Lipinski definition) is 4. The number of carbonyl (C=O) groups is 2. The van der Waals surface area contributed by atoms with Gasteiger partial charge in [0.05, 0.1) is 19.6 Å². The molecule has 132 valence electrons. The minimum absolute atomic E-state index is 0.0302. The lowest BCUT2D eigenvalue weighted by molar-refractivity contribution is -0.141. The number of halogens is 1. The molecule has 2 N–H and O–H groups in total. The zero-order valence-corrected chi connectivity index (χ0v) is 14.8. The maximum atomic E-state index is 12.3. The molecule has 1 aliphatic rings. The number of benzene rings is 1. The van der Waals surface area contributed by atoms with Crippen molar-refractivity contribution in [1.82, 2.24) is 10.6 Å². The highest BCUT2D eigenvalue weighted by atomic mass is 35.5. The van der Waals surface area contributed by atoms with Crippen molar-refractivity contribution in [3.05, 3.63) is 34.9 Å². The molecule has 0 spiro atoms. The van der Waals surface area contributed by atoms with Crippen LogP contribution in [0.3, 0.4) is 0 Å². The third kappa shape index (κ3) is 6.13. The molecule has 6 heteroatoms. The lowest BCUT2D eigenvalue weighted by atomic mass is 9.93. The van der Waals surface area contributed by atoms with Crippen molar-refractivity contribution in [1.29, 1.82) is 0 Å². The number of hydrogen-bond donors (Lipinski definition) is 2. The average molecular weight is 353 g/mol. The Bertz CT molecular complexity index is 542. The predicted molar refractivity (Wildman–Crippen MR) is 93.8 cm³/mol. The maximum Gasteiger partial charge on any atom is 0.307 e. The number of piperidine rings is 1. The zero-order valence-electron chi connectivity index (χ0n) is 14.0. The van der Waals surface area contributed by atoms with Gasteiger partial charge in [-0.2, -0.15) is 0 Å². The SMILES string of the molecule is COC(=O)C[C@H](NC(=O)CCC1CCNCC1)c1ccc(Cl)cc1. The zero-order chi connectivity index (χ0) is 17.4. The van der Waals surface area contributed by atoms with Gasteiger partial charge >= 0.3 is 5.97 Å². The molecule has 0 aromatic heterocycles. The van der Waals surface area contributed by atoms with Gasteiger partial charge in [0.15, 0.2) is 0 Å². The molecule has 1 amide bonds. The Hall–Kier alpha value is -1.59. The van der Waals surface area contributed by atoms with Crippen LogP contribution in [0.2, 0.25) is 5.02 Å². The fourth-order valence-electron chi connectivity index (χ4n) is 2.97. The molecule has 0 saturated carbocycles. The van der Waals surface area contributed by atoms with E-state index in [0.717, 1.165) is 37.9 Å². The van der Waals surface area contributed by atoms with E-state index in [1.54, 1.807) is 12.1 Å². The number of methoxy groups -OCH3 is 1. The molecule has 1 aromatic carbocycles. The van der Waals surface area contributed by atoms with Gasteiger partial charge in [-0.05, 0) is 56.0 Å². The Labute approximate surface area is 148 Å². The molecule has 5 nitrogen and oxygen atoms in total. The van der Waals surface area contributed by atoms with Gasteiger partial charge in [-0.1, -0.05) is 23.7 Å². The molecule has 2 rings (SSSR count). The summed E-state index contributed by atoms with van der Waals surface area (Å²) in [6, 6.07) is 6.76. The number of carbonyl (C=O) groups excluding carboxylic acids is 2. The molecule has 1 fully saturated rings. The lowest BCUT2D eigenvalue weighted by Crippen LogP contribution is -2.32. The number of rotatable bonds is 7. The average Bonchev–Trinajstić information content (AvgIpc) is 2.61. The van der Waals surface area contributed by atoms with Gasteiger partial charge in [-0.15, -0.1) is 0 Å². The monoisotopic (exact) mass is 352 g/mol. The van der Waals surface area contributed by atoms with Crippen LogP contribution in [0.15, 0.2) is 24.3 Å². The van der Waals surface area contributed by atoms with E-state index in [9.17, 15) is 9.59 Å². The maximum absolute atomic E-state index is 12.3. The molecule has 0 radical (unpaired) electrons. The summed E-state index contributed by atoms with van der Waals surface area (Å²) in [4.78, 5) is 23.9. The van der Waals surface area contributed by atoms with Gasteiger partial charge in [0.25, 0.3) is 0 Å². The van der Waals surface area contributed by atoms with Crippen molar-refractivity contribution in [2.45, 2.75) is 38.1 Å². The quantitative estimate of drug-likeness (QED) is 0.740. The van der Waals surface area contributed by atoms with Crippen LogP contribution in [0, 0.1) is 5.92 Å². The molecule has 1 saturated heterocycles. The summed E-state index contributed by atoms with van der Waals surface area (Å²) in [7, 11) is 1.35. The van der Waals surface area contributed by atoms with E-state index in [4.69, 9.17) is 16.3 Å². The normalized spacial score (nSPS) is 16.4. The molecular formula is C18H25ClN2O3. The van der Waals surface area contributed by atoms with Crippen molar-refractivity contribution in [2.75, 3.05) is 20.2 Å². The van der Waals surface area contributed by atoms with Gasteiger partial charge in [-0.25, -0.2) is 0 Å². The summed E-state index contributed by atoms with van der Waals surface area (Å²) in [6.07, 6.45) is 3.72. The van der Waals surface area contributed by atoms with Gasteiger partial charge < -0.3 is 15.4 Å². The number of nitrogens with one attached hydrogen (secondary N) is 2. The van der Waals surface area contributed by atoms with Crippen molar-refractivity contribution in [3.8, 4) is 0 Å². The van der Waals surface area contributed by atoms with Gasteiger partial charge in [-0.3, -0.25) is 9.59 Å². The standard InChI is InChI=1S/C18H25ClN2O3/c1-24-18(23)12-16(14-3-5-15(19)6-4-14)21-17(22)7-2-13-8-10-20-11-9-13/h3-6,13,16,20H,2,7-12H2,1H3,(H,21,22)/t16-/m0/s1. The molecule has 0 bridgehead atoms. The summed E-state index contributed by atoms with van der Waals surface area (Å²) < 4.78 is 4.74. The van der Waals surface area contributed by atoms with E-state index in [1.807, 2.05) is 12.1 Å². The fraction of sp³-hybridized carbons (Fsp3) is 0.556. The highest BCUT2D eigenvalue weighted by Crippen LogP contribution is 2.22. The van der Waals surface area contributed by atoms with E-state index < -0.39 is 6.04 Å². The molecular weight excluding hydrogens is 328 g/mol. The summed E-state index contributed by atoms with van der Waals surface area (Å²) in [5, 5.41) is 6.90. The smallest absolute Gasteiger partial charge is 0.307 e. The number of ether oxygens (including phenoxy) is 1. The van der Waals surface area contributed by atoms with Crippen molar-refractivity contribution >= 4 is 23.5 Å². The second kappa shape index (κ2) is 9.64. The van der Waals surface area contributed by atoms with E-state index in [2.05, 4.69) is 10.6 Å². The highest BCUT2D eigenvalue weighted by molar-refractivity contribution is 6.30. The first-order valence-electron chi connectivity index (χ1n) is 8.41. The molecule has 0 aliphatic carbocycles. The van der Waals surface area contributed by atoms with Crippen LogP contribution in [0.4, 0.5) is 0 Å². The third-order valence-electron chi connectivity index (χ3n) is 4.44. The topological polar surface area (TPSA) is 67.4 Å². The van der Waals surface area contributed by atoms with Gasteiger partial charge in [0.1, 0.15) is 0 Å². The first kappa shape index (κ1) is 18.7. The van der Waals surface area contributed by atoms with Crippen LogP contribution in [0.25, 0.3) is 0 Å². The largest absolute Gasteiger partial charge is 0.469 e. The van der Waals surface area contributed by atoms with Crippen LogP contribution in [0.1, 0.15) is 43.7 Å². The molecule has 1 aromatic rings. The van der Waals surface area contributed by atoms with Crippen LogP contribution < -0.4 is 10.6 Å². The lowest BCUT2D eigenvalue weighted by Gasteiger charge is -2.23. The number of amides is 1. The van der Waals surface area contributed by atoms with Crippen LogP contribution >= 0.6 is 11.6 Å². The van der Waals surface area contributed by atoms with Crippen molar-refractivity contribution in [3.63, 3.8) is 0 Å². The molecule has 1 aliphatic heterocycles. The Morgan fingerprint density at radius 1 is 1.29 bits per heavy atom. The second-order valence-corrected chi connectivity index (χ2v) is 6.62. The first-order chi connectivity index (χ1) is 11.6. The van der Waals surface area contributed by atoms with Gasteiger partial charge in [0.2, 0.25) is 5.91 Å². The summed E-state index contributed by atoms with van der Waals surface area (Å²) in [6.45, 7) is 2.06. The van der Waals surface area contributed by atoms with E-state index >= 15 is 0 Å². The third-order valence-corrected chi connectivity index (χ3v) is 4.70. The Morgan fingerprint density at radius 2 is 1.96 bits per heavy atom. The summed E-state index contributed by atoms with van der Waals surface area (Å²) in [5.41, 5.74) is 0.847. The molecule has 0 unspecified atom stereocenters. The Kier molecular flexibility index (Phi) is 7.53. The van der Waals surface area contributed by atoms with E-state index in [1.165, 1.54) is 7.11 Å². The van der Waals surface area contributed by atoms with Gasteiger partial charge in [0, 0.05) is 11.4 Å². The summed E-state index contributed by atoms with van der Waals surface area (Å²) >= 11 is 5.91. The van der Waals surface area contributed by atoms with Crippen molar-refractivity contribution < 1.29 is 14.3 Å². The second-order valence-electron chi connectivity index (χ2n) is 6.18. The first-order valence-corrected chi connectivity index (χ1v) is 8.78. The highest BCUT2D eigenvalue weighted by Gasteiger charge is 2.20. The van der Waals surface area contributed by atoms with Crippen LogP contribution in [-0.2, 0) is 14.3 Å². The minimum atomic E-state index is -0.393. The van der Waals surface area contributed by atoms with Crippen LogP contribution in [0.5, 0.6) is 0 Å². The Balaban J connectivity index is 1.92. The fourth-order valence-corrected chi connectivity index (χ4v) is 3.10. The molecule has 24 heavy (non-hydrogen) atoms. The molecule has 1 atom stereocenters. The minimum Gasteiger partial charge on any atom is -0.469 e.